The molecule has 0 aromatic rings. The van der Waals surface area contributed by atoms with Crippen LogP contribution >= 0.6 is 15.9 Å². The Morgan fingerprint density at radius 3 is 2.60 bits per heavy atom. The van der Waals surface area contributed by atoms with Gasteiger partial charge >= 0.3 is 0 Å². The van der Waals surface area contributed by atoms with Crippen molar-refractivity contribution >= 4 is 15.9 Å². The van der Waals surface area contributed by atoms with Gasteiger partial charge in [-0.05, 0) is 25.0 Å². The van der Waals surface area contributed by atoms with E-state index in [4.69, 9.17) is 0 Å². The van der Waals surface area contributed by atoms with E-state index < -0.39 is 0 Å². The van der Waals surface area contributed by atoms with Crippen LogP contribution in [0.5, 0.6) is 0 Å². The highest BCUT2D eigenvalue weighted by Gasteiger charge is 1.95. The highest BCUT2D eigenvalue weighted by molar-refractivity contribution is 9.09. The Morgan fingerprint density at radius 2 is 2.30 bits per heavy atom. The zero-order valence-electron chi connectivity index (χ0n) is 6.58. The highest BCUT2D eigenvalue weighted by Crippen LogP contribution is 2.11. The molecule has 56 valence electrons. The van der Waals surface area contributed by atoms with Crippen LogP contribution in [-0.2, 0) is 0 Å². The molecule has 0 atom stereocenters. The highest BCUT2D eigenvalue weighted by atomic mass is 79.9. The van der Waals surface area contributed by atoms with Gasteiger partial charge in [-0.1, -0.05) is 29.4 Å². The van der Waals surface area contributed by atoms with E-state index in [1.807, 2.05) is 13.0 Å². The zero-order valence-corrected chi connectivity index (χ0v) is 8.16. The second-order valence-electron chi connectivity index (χ2n) is 2.00. The van der Waals surface area contributed by atoms with Crippen LogP contribution in [0.1, 0.15) is 20.3 Å². The van der Waals surface area contributed by atoms with Gasteiger partial charge in [0.15, 0.2) is 0 Å². The molecule has 0 aromatic heterocycles. The summed E-state index contributed by atoms with van der Waals surface area (Å²) in [6, 6.07) is 0. The number of hydrogen-bond donors (Lipinski definition) is 0. The minimum atomic E-state index is 0.851. The fourth-order valence-electron chi connectivity index (χ4n) is 0.623. The van der Waals surface area contributed by atoms with Gasteiger partial charge in [0, 0.05) is 10.9 Å². The Bertz CT molecular complexity index is 171. The van der Waals surface area contributed by atoms with Crippen LogP contribution in [0.3, 0.4) is 0 Å². The molecule has 0 saturated heterocycles. The maximum absolute atomic E-state index is 3.91. The summed E-state index contributed by atoms with van der Waals surface area (Å²) in [6.07, 6.45) is 2.92. The predicted molar refractivity (Wildman–Crippen MR) is 50.5 cm³/mol. The van der Waals surface area contributed by atoms with Crippen LogP contribution < -0.4 is 0 Å². The van der Waals surface area contributed by atoms with Crippen LogP contribution in [0.4, 0.5) is 0 Å². The lowest BCUT2D eigenvalue weighted by Gasteiger charge is -1.99. The van der Waals surface area contributed by atoms with Gasteiger partial charge in [0.2, 0.25) is 0 Å². The molecule has 0 rings (SSSR count). The smallest absolute Gasteiger partial charge is 0.0358 e. The van der Waals surface area contributed by atoms with Crippen molar-refractivity contribution < 1.29 is 0 Å². The van der Waals surface area contributed by atoms with E-state index in [0.717, 1.165) is 17.3 Å². The molecule has 0 fully saturated rings. The van der Waals surface area contributed by atoms with Crippen LogP contribution in [0, 0.1) is 0 Å². The van der Waals surface area contributed by atoms with Gasteiger partial charge in [-0.2, -0.15) is 0 Å². The van der Waals surface area contributed by atoms with Crippen molar-refractivity contribution in [2.75, 3.05) is 5.33 Å². The lowest BCUT2D eigenvalue weighted by Crippen LogP contribution is -1.85. The third-order valence-electron chi connectivity index (χ3n) is 1.31. The SMILES string of the molecule is C=C(CC)C(=C=CC)CBr. The van der Waals surface area contributed by atoms with E-state index in [9.17, 15) is 0 Å². The summed E-state index contributed by atoms with van der Waals surface area (Å²) in [7, 11) is 0. The van der Waals surface area contributed by atoms with Crippen molar-refractivity contribution in [1.82, 2.24) is 0 Å². The Balaban J connectivity index is 4.37. The molecule has 0 amide bonds. The third-order valence-corrected chi connectivity index (χ3v) is 1.87. The average molecular weight is 201 g/mol. The van der Waals surface area contributed by atoms with Crippen molar-refractivity contribution in [1.29, 1.82) is 0 Å². The lowest BCUT2D eigenvalue weighted by molar-refractivity contribution is 1.12. The minimum Gasteiger partial charge on any atom is -0.121 e. The predicted octanol–water partition coefficient (Wildman–Crippen LogP) is 3.45. The first-order valence-corrected chi connectivity index (χ1v) is 4.52. The van der Waals surface area contributed by atoms with E-state index in [0.29, 0.717) is 0 Å². The first-order chi connectivity index (χ1) is 4.76. The number of alkyl halides is 1. The molecule has 0 aliphatic rings. The van der Waals surface area contributed by atoms with Crippen molar-refractivity contribution in [2.24, 2.45) is 0 Å². The first kappa shape index (κ1) is 9.74. The second kappa shape index (κ2) is 5.52. The van der Waals surface area contributed by atoms with E-state index in [2.05, 4.69) is 35.2 Å². The second-order valence-corrected chi connectivity index (χ2v) is 2.56. The molecule has 0 spiro atoms. The van der Waals surface area contributed by atoms with Gasteiger partial charge in [-0.15, -0.1) is 5.73 Å². The molecule has 0 aliphatic heterocycles. The molecule has 1 heteroatoms. The molecule has 0 aliphatic carbocycles. The van der Waals surface area contributed by atoms with E-state index in [1.54, 1.807) is 0 Å². The van der Waals surface area contributed by atoms with Crippen LogP contribution in [0.15, 0.2) is 29.5 Å². The normalized spacial score (nSPS) is 8.30. The first-order valence-electron chi connectivity index (χ1n) is 3.40. The molecule has 0 N–H and O–H groups in total. The summed E-state index contributed by atoms with van der Waals surface area (Å²) >= 11 is 3.38. The van der Waals surface area contributed by atoms with Crippen molar-refractivity contribution in [2.45, 2.75) is 20.3 Å². The van der Waals surface area contributed by atoms with Gasteiger partial charge in [-0.3, -0.25) is 0 Å². The number of allylic oxidation sites excluding steroid dienone is 2. The fourth-order valence-corrected chi connectivity index (χ4v) is 1.18. The average Bonchev–Trinajstić information content (AvgIpc) is 1.99. The summed E-state index contributed by atoms with van der Waals surface area (Å²) in [5.74, 6) is 0. The monoisotopic (exact) mass is 200 g/mol. The molecule has 0 heterocycles. The summed E-state index contributed by atoms with van der Waals surface area (Å²) < 4.78 is 0. The van der Waals surface area contributed by atoms with E-state index in [1.165, 1.54) is 5.57 Å². The van der Waals surface area contributed by atoms with Crippen molar-refractivity contribution in [3.8, 4) is 0 Å². The number of halogens is 1. The molecular formula is C9H13Br. The third kappa shape index (κ3) is 3.05. The summed E-state index contributed by atoms with van der Waals surface area (Å²) in [5.41, 5.74) is 5.46. The quantitative estimate of drug-likeness (QED) is 0.372. The zero-order chi connectivity index (χ0) is 7.98. The molecule has 0 radical (unpaired) electrons. The largest absolute Gasteiger partial charge is 0.121 e. The van der Waals surface area contributed by atoms with Gasteiger partial charge in [0.05, 0.1) is 0 Å². The topological polar surface area (TPSA) is 0 Å². The van der Waals surface area contributed by atoms with Crippen LogP contribution in [-0.4, -0.2) is 5.33 Å². The number of rotatable bonds is 3. The van der Waals surface area contributed by atoms with Crippen molar-refractivity contribution in [3.63, 3.8) is 0 Å². The molecular weight excluding hydrogens is 188 g/mol. The Kier molecular flexibility index (Phi) is 5.38. The van der Waals surface area contributed by atoms with Crippen molar-refractivity contribution in [3.05, 3.63) is 29.5 Å². The maximum Gasteiger partial charge on any atom is 0.0358 e. The maximum atomic E-state index is 3.91. The van der Waals surface area contributed by atoms with Crippen LogP contribution in [0.25, 0.3) is 0 Å². The van der Waals surface area contributed by atoms with Crippen LogP contribution in [0.2, 0.25) is 0 Å². The summed E-state index contributed by atoms with van der Waals surface area (Å²) in [5, 5.41) is 0.851. The molecule has 0 aromatic carbocycles. The molecule has 0 saturated carbocycles. The van der Waals surface area contributed by atoms with Gasteiger partial charge < -0.3 is 0 Å². The molecule has 10 heavy (non-hydrogen) atoms. The van der Waals surface area contributed by atoms with Gasteiger partial charge in [0.25, 0.3) is 0 Å². The minimum absolute atomic E-state index is 0.851. The Hall–Kier alpha value is -0.260. The van der Waals surface area contributed by atoms with E-state index in [-0.39, 0.29) is 0 Å². The standard InChI is InChI=1S/C9H13Br/c1-4-6-9(7-10)8(3)5-2/h4H,3,5,7H2,1-2H3. The Morgan fingerprint density at radius 1 is 1.70 bits per heavy atom. The molecule has 0 bridgehead atoms. The van der Waals surface area contributed by atoms with Gasteiger partial charge in [0.1, 0.15) is 0 Å². The summed E-state index contributed by atoms with van der Waals surface area (Å²) in [4.78, 5) is 0. The van der Waals surface area contributed by atoms with Gasteiger partial charge in [-0.25, -0.2) is 0 Å². The van der Waals surface area contributed by atoms with E-state index >= 15 is 0 Å². The number of hydrogen-bond acceptors (Lipinski definition) is 0. The molecule has 0 unspecified atom stereocenters. The molecule has 0 nitrogen and oxygen atoms in total. The lowest BCUT2D eigenvalue weighted by atomic mass is 10.1. The fraction of sp³-hybridized carbons (Fsp3) is 0.444. The summed E-state index contributed by atoms with van der Waals surface area (Å²) in [6.45, 7) is 7.98. The Labute approximate surface area is 71.5 Å².